The Balaban J connectivity index is 2.11. The summed E-state index contributed by atoms with van der Waals surface area (Å²) < 4.78 is 11.4. The number of hydrogen-bond donors (Lipinski definition) is 2. The molecule has 2 N–H and O–H groups in total. The molecule has 0 aliphatic heterocycles. The van der Waals surface area contributed by atoms with E-state index in [0.29, 0.717) is 26.6 Å². The summed E-state index contributed by atoms with van der Waals surface area (Å²) in [4.78, 5) is 25.3. The van der Waals surface area contributed by atoms with Crippen LogP contribution in [0, 0.1) is 18.3 Å². The van der Waals surface area contributed by atoms with Gasteiger partial charge in [-0.25, -0.2) is 5.43 Å². The fraction of sp³-hybridized carbons (Fsp3) is 0.261. The number of rotatable bonds is 9. The predicted molar refractivity (Wildman–Crippen MR) is 133 cm³/mol. The van der Waals surface area contributed by atoms with E-state index in [1.165, 1.54) is 25.5 Å². The Kier molecular flexibility index (Phi) is 10.0. The highest BCUT2D eigenvalue weighted by molar-refractivity contribution is 9.10. The van der Waals surface area contributed by atoms with E-state index in [1.807, 2.05) is 0 Å². The van der Waals surface area contributed by atoms with Crippen LogP contribution in [0.3, 0.4) is 0 Å². The Labute approximate surface area is 210 Å². The summed E-state index contributed by atoms with van der Waals surface area (Å²) in [5.74, 6) is 2.10. The average Bonchev–Trinajstić information content (AvgIpc) is 2.75. The molecule has 0 aromatic heterocycles. The van der Waals surface area contributed by atoms with E-state index >= 15 is 0 Å². The third kappa shape index (κ3) is 7.39. The van der Waals surface area contributed by atoms with Crippen molar-refractivity contribution in [1.29, 1.82) is 0 Å². The van der Waals surface area contributed by atoms with Crippen LogP contribution in [0.2, 0.25) is 10.0 Å². The first kappa shape index (κ1) is 26.5. The van der Waals surface area contributed by atoms with Crippen LogP contribution < -0.4 is 20.2 Å². The molecule has 1 unspecified atom stereocenters. The normalized spacial score (nSPS) is 11.7. The first-order valence-corrected chi connectivity index (χ1v) is 11.3. The molecule has 0 bridgehead atoms. The molecule has 33 heavy (non-hydrogen) atoms. The van der Waals surface area contributed by atoms with Crippen molar-refractivity contribution >= 4 is 57.2 Å². The molecule has 2 aromatic carbocycles. The van der Waals surface area contributed by atoms with E-state index < -0.39 is 17.9 Å². The second kappa shape index (κ2) is 12.5. The fourth-order valence-electron chi connectivity index (χ4n) is 2.74. The standard InChI is InChI=1S/C23H22BrCl2N3O4/c1-5-8-33-21-17(24)9-14(10-19(21)32-4)12-27-29-23(31)20(13(2)3)28-22(30)16-7-6-15(25)11-18(16)26/h1,6-7,9-13,20H,8H2,2-4H3,(H,28,30)(H,29,31). The summed E-state index contributed by atoms with van der Waals surface area (Å²) in [7, 11) is 1.50. The van der Waals surface area contributed by atoms with Crippen LogP contribution >= 0.6 is 39.1 Å². The number of nitrogens with one attached hydrogen (secondary N) is 2. The molecule has 0 aliphatic carbocycles. The van der Waals surface area contributed by atoms with Gasteiger partial charge in [0.05, 0.1) is 28.4 Å². The van der Waals surface area contributed by atoms with Gasteiger partial charge in [0, 0.05) is 5.02 Å². The summed E-state index contributed by atoms with van der Waals surface area (Å²) in [6.45, 7) is 3.69. The first-order chi connectivity index (χ1) is 15.7. The summed E-state index contributed by atoms with van der Waals surface area (Å²) >= 11 is 15.4. The molecule has 2 aromatic rings. The van der Waals surface area contributed by atoms with Gasteiger partial charge in [0.2, 0.25) is 0 Å². The van der Waals surface area contributed by atoms with Crippen LogP contribution in [-0.2, 0) is 4.79 Å². The highest BCUT2D eigenvalue weighted by Crippen LogP contribution is 2.36. The lowest BCUT2D eigenvalue weighted by Gasteiger charge is -2.20. The molecule has 10 heteroatoms. The lowest BCUT2D eigenvalue weighted by molar-refractivity contribution is -0.123. The third-order valence-electron chi connectivity index (χ3n) is 4.35. The minimum absolute atomic E-state index is 0.0853. The number of carbonyl (C=O) groups is 2. The smallest absolute Gasteiger partial charge is 0.262 e. The zero-order valence-corrected chi connectivity index (χ0v) is 21.2. The monoisotopic (exact) mass is 553 g/mol. The van der Waals surface area contributed by atoms with Crippen molar-refractivity contribution in [1.82, 2.24) is 10.7 Å². The molecule has 2 amide bonds. The van der Waals surface area contributed by atoms with Crippen LogP contribution in [0.5, 0.6) is 11.5 Å². The number of methoxy groups -OCH3 is 1. The Morgan fingerprint density at radius 1 is 1.27 bits per heavy atom. The topological polar surface area (TPSA) is 89.0 Å². The second-order valence-corrected chi connectivity index (χ2v) is 8.78. The van der Waals surface area contributed by atoms with Crippen molar-refractivity contribution in [3.63, 3.8) is 0 Å². The fourth-order valence-corrected chi connectivity index (χ4v) is 3.80. The number of halogens is 3. The van der Waals surface area contributed by atoms with Gasteiger partial charge < -0.3 is 14.8 Å². The van der Waals surface area contributed by atoms with Crippen molar-refractivity contribution in [2.75, 3.05) is 13.7 Å². The van der Waals surface area contributed by atoms with E-state index in [9.17, 15) is 9.59 Å². The molecule has 7 nitrogen and oxygen atoms in total. The number of ether oxygens (including phenoxy) is 2. The quantitative estimate of drug-likeness (QED) is 0.267. The van der Waals surface area contributed by atoms with Gasteiger partial charge in [-0.15, -0.1) is 6.42 Å². The third-order valence-corrected chi connectivity index (χ3v) is 5.49. The number of hydrazone groups is 1. The first-order valence-electron chi connectivity index (χ1n) is 9.70. The maximum absolute atomic E-state index is 12.7. The van der Waals surface area contributed by atoms with Gasteiger partial charge in [-0.1, -0.05) is 43.0 Å². The Morgan fingerprint density at radius 2 is 2.00 bits per heavy atom. The SMILES string of the molecule is C#CCOc1c(Br)cc(C=NNC(=O)C(NC(=O)c2ccc(Cl)cc2Cl)C(C)C)cc1OC. The molecule has 1 atom stereocenters. The summed E-state index contributed by atoms with van der Waals surface area (Å²) in [6.07, 6.45) is 6.67. The molecule has 0 aliphatic rings. The molecule has 0 saturated heterocycles. The summed E-state index contributed by atoms with van der Waals surface area (Å²) in [6, 6.07) is 7.07. The van der Waals surface area contributed by atoms with Crippen LogP contribution in [0.4, 0.5) is 0 Å². The average molecular weight is 555 g/mol. The van der Waals surface area contributed by atoms with Gasteiger partial charge in [-0.2, -0.15) is 5.10 Å². The molecule has 2 rings (SSSR count). The number of nitrogens with zero attached hydrogens (tertiary/aromatic N) is 1. The van der Waals surface area contributed by atoms with Crippen molar-refractivity contribution in [2.24, 2.45) is 11.0 Å². The Bertz CT molecular complexity index is 1100. The number of carbonyl (C=O) groups excluding carboxylic acids is 2. The zero-order chi connectivity index (χ0) is 24.5. The van der Waals surface area contributed by atoms with E-state index in [-0.39, 0.29) is 23.1 Å². The van der Waals surface area contributed by atoms with Crippen molar-refractivity contribution < 1.29 is 19.1 Å². The summed E-state index contributed by atoms with van der Waals surface area (Å²) in [5, 5.41) is 7.27. The van der Waals surface area contributed by atoms with Crippen molar-refractivity contribution in [2.45, 2.75) is 19.9 Å². The van der Waals surface area contributed by atoms with Gasteiger partial charge in [0.1, 0.15) is 12.6 Å². The van der Waals surface area contributed by atoms with E-state index in [2.05, 4.69) is 37.7 Å². The van der Waals surface area contributed by atoms with Crippen LogP contribution in [0.15, 0.2) is 39.9 Å². The number of benzene rings is 2. The van der Waals surface area contributed by atoms with Gasteiger partial charge >= 0.3 is 0 Å². The predicted octanol–water partition coefficient (Wildman–Crippen LogP) is 4.68. The lowest BCUT2D eigenvalue weighted by Crippen LogP contribution is -2.48. The van der Waals surface area contributed by atoms with Gasteiger partial charge in [0.25, 0.3) is 11.8 Å². The largest absolute Gasteiger partial charge is 0.493 e. The zero-order valence-electron chi connectivity index (χ0n) is 18.1. The maximum atomic E-state index is 12.7. The molecule has 0 saturated carbocycles. The highest BCUT2D eigenvalue weighted by atomic mass is 79.9. The van der Waals surface area contributed by atoms with E-state index in [0.717, 1.165) is 0 Å². The summed E-state index contributed by atoms with van der Waals surface area (Å²) in [5.41, 5.74) is 3.29. The lowest BCUT2D eigenvalue weighted by atomic mass is 10.0. The van der Waals surface area contributed by atoms with Crippen LogP contribution in [0.1, 0.15) is 29.8 Å². The Hall–Kier alpha value is -2.73. The van der Waals surface area contributed by atoms with Crippen molar-refractivity contribution in [3.05, 3.63) is 56.0 Å². The minimum atomic E-state index is -0.845. The maximum Gasteiger partial charge on any atom is 0.262 e. The molecular formula is C23H22BrCl2N3O4. The minimum Gasteiger partial charge on any atom is -0.493 e. The molecule has 0 radical (unpaired) electrons. The number of amides is 2. The second-order valence-electron chi connectivity index (χ2n) is 7.08. The molecular weight excluding hydrogens is 533 g/mol. The van der Waals surface area contributed by atoms with Gasteiger partial charge in [0.15, 0.2) is 11.5 Å². The highest BCUT2D eigenvalue weighted by Gasteiger charge is 2.25. The number of terminal acetylenes is 1. The molecule has 174 valence electrons. The van der Waals surface area contributed by atoms with Gasteiger partial charge in [-0.3, -0.25) is 9.59 Å². The van der Waals surface area contributed by atoms with E-state index in [4.69, 9.17) is 39.1 Å². The molecule has 0 heterocycles. The van der Waals surface area contributed by atoms with E-state index in [1.54, 1.807) is 32.0 Å². The molecule has 0 fully saturated rings. The molecule has 0 spiro atoms. The van der Waals surface area contributed by atoms with Crippen molar-refractivity contribution in [3.8, 4) is 23.8 Å². The van der Waals surface area contributed by atoms with Crippen LogP contribution in [0.25, 0.3) is 0 Å². The number of hydrogen-bond acceptors (Lipinski definition) is 5. The van der Waals surface area contributed by atoms with Crippen LogP contribution in [-0.4, -0.2) is 37.8 Å². The van der Waals surface area contributed by atoms with Gasteiger partial charge in [-0.05, 0) is 57.7 Å². The Morgan fingerprint density at radius 3 is 2.61 bits per heavy atom.